The summed E-state index contributed by atoms with van der Waals surface area (Å²) < 4.78 is 28.6. The largest absolute Gasteiger partial charge is 0.487 e. The van der Waals surface area contributed by atoms with Crippen LogP contribution >= 0.6 is 0 Å². The minimum absolute atomic E-state index is 0.109. The number of hydrogen-bond donors (Lipinski definition) is 1. The van der Waals surface area contributed by atoms with Crippen LogP contribution in [0.2, 0.25) is 0 Å². The summed E-state index contributed by atoms with van der Waals surface area (Å²) in [6.45, 7) is 3.95. The lowest BCUT2D eigenvalue weighted by atomic mass is 10.0. The Bertz CT molecular complexity index is 522. The standard InChI is InChI=1S/C11H16N2O3S/c1-7(2)9-5-6-13-11(17(12,14)15)10(9)16-8-3-4-8/h5-8H,3-4H2,1-2H3,(H2,12,14,15). The van der Waals surface area contributed by atoms with Crippen molar-refractivity contribution in [1.29, 1.82) is 0 Å². The van der Waals surface area contributed by atoms with Gasteiger partial charge >= 0.3 is 0 Å². The van der Waals surface area contributed by atoms with E-state index in [0.29, 0.717) is 5.75 Å². The van der Waals surface area contributed by atoms with E-state index in [4.69, 9.17) is 9.88 Å². The molecule has 1 aromatic rings. The average molecular weight is 256 g/mol. The average Bonchev–Trinajstić information content (AvgIpc) is 3.00. The van der Waals surface area contributed by atoms with Gasteiger partial charge in [0.15, 0.2) is 5.75 Å². The van der Waals surface area contributed by atoms with Gasteiger partial charge in [0.2, 0.25) is 5.03 Å². The van der Waals surface area contributed by atoms with E-state index < -0.39 is 10.0 Å². The number of pyridine rings is 1. The van der Waals surface area contributed by atoms with Gasteiger partial charge in [0, 0.05) is 11.8 Å². The summed E-state index contributed by atoms with van der Waals surface area (Å²) in [5.41, 5.74) is 0.830. The highest BCUT2D eigenvalue weighted by Gasteiger charge is 2.29. The lowest BCUT2D eigenvalue weighted by Crippen LogP contribution is -2.17. The van der Waals surface area contributed by atoms with Gasteiger partial charge < -0.3 is 4.74 Å². The summed E-state index contributed by atoms with van der Waals surface area (Å²) in [4.78, 5) is 3.84. The fraction of sp³-hybridized carbons (Fsp3) is 0.545. The van der Waals surface area contributed by atoms with Crippen molar-refractivity contribution in [1.82, 2.24) is 4.98 Å². The van der Waals surface area contributed by atoms with E-state index in [9.17, 15) is 8.42 Å². The van der Waals surface area contributed by atoms with Crippen molar-refractivity contribution in [3.63, 3.8) is 0 Å². The Morgan fingerprint density at radius 3 is 2.59 bits per heavy atom. The van der Waals surface area contributed by atoms with Crippen LogP contribution in [0.3, 0.4) is 0 Å². The molecule has 1 heterocycles. The highest BCUT2D eigenvalue weighted by Crippen LogP contribution is 2.35. The van der Waals surface area contributed by atoms with Crippen LogP contribution in [0.25, 0.3) is 0 Å². The van der Waals surface area contributed by atoms with Gasteiger partial charge in [0.05, 0.1) is 6.10 Å². The van der Waals surface area contributed by atoms with Crippen LogP contribution in [-0.2, 0) is 10.0 Å². The molecule has 1 fully saturated rings. The molecule has 1 aliphatic carbocycles. The number of hydrogen-bond acceptors (Lipinski definition) is 4. The van der Waals surface area contributed by atoms with Crippen LogP contribution in [0.5, 0.6) is 5.75 Å². The van der Waals surface area contributed by atoms with Crippen molar-refractivity contribution in [2.24, 2.45) is 5.14 Å². The van der Waals surface area contributed by atoms with Crippen LogP contribution in [0, 0.1) is 0 Å². The first kappa shape index (κ1) is 12.3. The second-order valence-corrected chi connectivity index (χ2v) is 6.03. The van der Waals surface area contributed by atoms with Crippen LogP contribution in [0.15, 0.2) is 17.3 Å². The maximum atomic E-state index is 11.5. The Hall–Kier alpha value is -1.14. The highest BCUT2D eigenvalue weighted by atomic mass is 32.2. The van der Waals surface area contributed by atoms with Crippen molar-refractivity contribution in [2.45, 2.75) is 43.7 Å². The van der Waals surface area contributed by atoms with Gasteiger partial charge in [-0.25, -0.2) is 18.5 Å². The predicted octanol–water partition coefficient (Wildman–Crippen LogP) is 1.39. The Morgan fingerprint density at radius 2 is 2.12 bits per heavy atom. The van der Waals surface area contributed by atoms with E-state index in [1.165, 1.54) is 6.20 Å². The Kier molecular flexibility index (Phi) is 3.09. The molecule has 0 radical (unpaired) electrons. The van der Waals surface area contributed by atoms with Crippen molar-refractivity contribution in [2.75, 3.05) is 0 Å². The fourth-order valence-corrected chi connectivity index (χ4v) is 2.20. The molecule has 0 aromatic carbocycles. The van der Waals surface area contributed by atoms with E-state index in [2.05, 4.69) is 4.98 Å². The third-order valence-electron chi connectivity index (χ3n) is 2.60. The smallest absolute Gasteiger partial charge is 0.259 e. The quantitative estimate of drug-likeness (QED) is 0.882. The number of rotatable bonds is 4. The van der Waals surface area contributed by atoms with E-state index in [1.54, 1.807) is 6.07 Å². The molecular formula is C11H16N2O3S. The number of nitrogens with two attached hydrogens (primary N) is 1. The predicted molar refractivity (Wildman–Crippen MR) is 63.3 cm³/mol. The topological polar surface area (TPSA) is 82.3 Å². The maximum absolute atomic E-state index is 11.5. The van der Waals surface area contributed by atoms with Crippen LogP contribution < -0.4 is 9.88 Å². The van der Waals surface area contributed by atoms with Crippen molar-refractivity contribution in [3.8, 4) is 5.75 Å². The fourth-order valence-electron chi connectivity index (χ4n) is 1.57. The molecule has 1 saturated carbocycles. The molecule has 1 aromatic heterocycles. The summed E-state index contributed by atoms with van der Waals surface area (Å²) in [7, 11) is -3.84. The van der Waals surface area contributed by atoms with Crippen molar-refractivity contribution >= 4 is 10.0 Å². The molecule has 0 spiro atoms. The summed E-state index contributed by atoms with van der Waals surface area (Å²) in [6, 6.07) is 1.77. The first-order valence-corrected chi connectivity index (χ1v) is 7.12. The summed E-state index contributed by atoms with van der Waals surface area (Å²) in [5.74, 6) is 0.486. The molecule has 0 amide bonds. The molecule has 2 rings (SSSR count). The third-order valence-corrected chi connectivity index (χ3v) is 3.43. The summed E-state index contributed by atoms with van der Waals surface area (Å²) in [5, 5.41) is 5.00. The number of primary sulfonamides is 1. The second-order valence-electron chi connectivity index (χ2n) is 4.55. The van der Waals surface area contributed by atoms with E-state index in [-0.39, 0.29) is 17.0 Å². The minimum atomic E-state index is -3.84. The molecule has 0 unspecified atom stereocenters. The molecule has 0 atom stereocenters. The second kappa shape index (κ2) is 4.27. The van der Waals surface area contributed by atoms with Gasteiger partial charge in [-0.3, -0.25) is 0 Å². The SMILES string of the molecule is CC(C)c1ccnc(S(N)(=O)=O)c1OC1CC1. The van der Waals surface area contributed by atoms with Gasteiger partial charge in [-0.1, -0.05) is 13.8 Å². The van der Waals surface area contributed by atoms with Gasteiger partial charge in [-0.05, 0) is 24.8 Å². The monoisotopic (exact) mass is 256 g/mol. The molecule has 0 bridgehead atoms. The Labute approximate surface area is 101 Å². The number of ether oxygens (including phenoxy) is 1. The van der Waals surface area contributed by atoms with Crippen molar-refractivity contribution < 1.29 is 13.2 Å². The Balaban J connectivity index is 2.53. The number of nitrogens with zero attached hydrogens (tertiary/aromatic N) is 1. The first-order valence-electron chi connectivity index (χ1n) is 5.58. The molecule has 6 heteroatoms. The third kappa shape index (κ3) is 2.76. The maximum Gasteiger partial charge on any atom is 0.259 e. The highest BCUT2D eigenvalue weighted by molar-refractivity contribution is 7.89. The normalized spacial score (nSPS) is 16.2. The molecule has 1 aliphatic rings. The van der Waals surface area contributed by atoms with Gasteiger partial charge in [-0.15, -0.1) is 0 Å². The lowest BCUT2D eigenvalue weighted by Gasteiger charge is -2.15. The molecule has 17 heavy (non-hydrogen) atoms. The molecule has 0 aliphatic heterocycles. The zero-order chi connectivity index (χ0) is 12.6. The lowest BCUT2D eigenvalue weighted by molar-refractivity contribution is 0.288. The van der Waals surface area contributed by atoms with Crippen LogP contribution in [0.1, 0.15) is 38.2 Å². The number of sulfonamides is 1. The van der Waals surface area contributed by atoms with Gasteiger partial charge in [0.1, 0.15) is 0 Å². The Morgan fingerprint density at radius 1 is 1.47 bits per heavy atom. The van der Waals surface area contributed by atoms with E-state index in [0.717, 1.165) is 18.4 Å². The minimum Gasteiger partial charge on any atom is -0.487 e. The molecule has 94 valence electrons. The van der Waals surface area contributed by atoms with E-state index >= 15 is 0 Å². The van der Waals surface area contributed by atoms with Crippen LogP contribution in [0.4, 0.5) is 0 Å². The molecule has 2 N–H and O–H groups in total. The van der Waals surface area contributed by atoms with Crippen LogP contribution in [-0.4, -0.2) is 19.5 Å². The first-order chi connectivity index (χ1) is 7.89. The summed E-state index contributed by atoms with van der Waals surface area (Å²) in [6.07, 6.45) is 3.47. The van der Waals surface area contributed by atoms with Gasteiger partial charge in [0.25, 0.3) is 10.0 Å². The molecule has 5 nitrogen and oxygen atoms in total. The van der Waals surface area contributed by atoms with E-state index in [1.807, 2.05) is 13.8 Å². The summed E-state index contributed by atoms with van der Waals surface area (Å²) >= 11 is 0. The zero-order valence-corrected chi connectivity index (χ0v) is 10.7. The van der Waals surface area contributed by atoms with Gasteiger partial charge in [-0.2, -0.15) is 0 Å². The number of aromatic nitrogens is 1. The van der Waals surface area contributed by atoms with Crippen molar-refractivity contribution in [3.05, 3.63) is 17.8 Å². The molecular weight excluding hydrogens is 240 g/mol. The molecule has 0 saturated heterocycles. The zero-order valence-electron chi connectivity index (χ0n) is 9.88.